The van der Waals surface area contributed by atoms with Gasteiger partial charge in [0, 0.05) is 48.7 Å². The number of aryl methyl sites for hydroxylation is 1. The molecule has 0 spiro atoms. The summed E-state index contributed by atoms with van der Waals surface area (Å²) in [6.45, 7) is 5.35. The number of thiazole rings is 1. The third-order valence-electron chi connectivity index (χ3n) is 3.86. The first-order valence-corrected chi connectivity index (χ1v) is 8.15. The highest BCUT2D eigenvalue weighted by Gasteiger charge is 2.24. The van der Waals surface area contributed by atoms with Gasteiger partial charge < -0.3 is 15.7 Å². The first-order chi connectivity index (χ1) is 10.2. The molecule has 5 heteroatoms. The minimum Gasteiger partial charge on any atom is -0.391 e. The first kappa shape index (κ1) is 14.7. The average Bonchev–Trinajstić information content (AvgIpc) is 3.10. The minimum atomic E-state index is -0.220. The molecule has 2 atom stereocenters. The van der Waals surface area contributed by atoms with Crippen LogP contribution in [0.2, 0.25) is 0 Å². The number of hydrogen-bond donors (Lipinski definition) is 3. The Labute approximate surface area is 129 Å². The van der Waals surface area contributed by atoms with Crippen molar-refractivity contribution in [2.45, 2.75) is 19.6 Å². The molecule has 0 aliphatic carbocycles. The van der Waals surface area contributed by atoms with Crippen molar-refractivity contribution in [2.24, 2.45) is 5.92 Å². The molecule has 1 aromatic carbocycles. The van der Waals surface area contributed by atoms with E-state index in [1.807, 2.05) is 6.20 Å². The molecule has 2 heterocycles. The summed E-state index contributed by atoms with van der Waals surface area (Å²) in [6.07, 6.45) is 1.72. The third kappa shape index (κ3) is 3.68. The zero-order chi connectivity index (χ0) is 14.7. The van der Waals surface area contributed by atoms with Crippen molar-refractivity contribution >= 4 is 11.3 Å². The lowest BCUT2D eigenvalue weighted by Crippen LogP contribution is -2.29. The Morgan fingerprint density at radius 1 is 1.33 bits per heavy atom. The summed E-state index contributed by atoms with van der Waals surface area (Å²) in [7, 11) is 0. The monoisotopic (exact) mass is 303 g/mol. The number of nitrogens with zero attached hydrogens (tertiary/aromatic N) is 1. The Bertz CT molecular complexity index is 581. The van der Waals surface area contributed by atoms with E-state index in [0.717, 1.165) is 24.6 Å². The number of β-amino-alcohol motifs (C(OH)–C–C–N with tert-alkyl or cyclic N) is 1. The van der Waals surface area contributed by atoms with Gasteiger partial charge in [-0.05, 0) is 6.92 Å². The molecule has 21 heavy (non-hydrogen) atoms. The summed E-state index contributed by atoms with van der Waals surface area (Å²) in [4.78, 5) is 5.73. The molecule has 112 valence electrons. The maximum atomic E-state index is 9.75. The standard InChI is InChI=1S/C16H21N3OS/c1-11-2-4-12(5-3-11)16-19-9-14(21-16)8-17-6-13-7-18-10-15(13)20/h2-5,9,13,15,17-18,20H,6-8,10H2,1H3. The van der Waals surface area contributed by atoms with Crippen LogP contribution in [0.5, 0.6) is 0 Å². The van der Waals surface area contributed by atoms with Gasteiger partial charge in [-0.2, -0.15) is 0 Å². The van der Waals surface area contributed by atoms with E-state index in [1.165, 1.54) is 16.0 Å². The number of aliphatic hydroxyl groups is 1. The Hall–Kier alpha value is -1.27. The summed E-state index contributed by atoms with van der Waals surface area (Å²) in [5.41, 5.74) is 2.44. The van der Waals surface area contributed by atoms with E-state index < -0.39 is 0 Å². The van der Waals surface area contributed by atoms with Crippen LogP contribution < -0.4 is 10.6 Å². The van der Waals surface area contributed by atoms with E-state index in [-0.39, 0.29) is 6.10 Å². The highest BCUT2D eigenvalue weighted by atomic mass is 32.1. The molecular weight excluding hydrogens is 282 g/mol. The van der Waals surface area contributed by atoms with Gasteiger partial charge in [0.1, 0.15) is 5.01 Å². The zero-order valence-corrected chi connectivity index (χ0v) is 13.0. The van der Waals surface area contributed by atoms with E-state index in [9.17, 15) is 5.11 Å². The van der Waals surface area contributed by atoms with Crippen LogP contribution >= 0.6 is 11.3 Å². The highest BCUT2D eigenvalue weighted by molar-refractivity contribution is 7.15. The third-order valence-corrected chi connectivity index (χ3v) is 4.91. The van der Waals surface area contributed by atoms with Gasteiger partial charge in [0.25, 0.3) is 0 Å². The molecule has 0 amide bonds. The number of aliphatic hydroxyl groups excluding tert-OH is 1. The highest BCUT2D eigenvalue weighted by Crippen LogP contribution is 2.25. The molecular formula is C16H21N3OS. The molecule has 1 aliphatic rings. The van der Waals surface area contributed by atoms with Crippen molar-refractivity contribution < 1.29 is 5.11 Å². The first-order valence-electron chi connectivity index (χ1n) is 7.33. The second-order valence-electron chi connectivity index (χ2n) is 5.61. The van der Waals surface area contributed by atoms with Crippen LogP contribution in [0.25, 0.3) is 10.6 Å². The van der Waals surface area contributed by atoms with Crippen molar-refractivity contribution in [3.63, 3.8) is 0 Å². The number of benzene rings is 1. The number of hydrogen-bond acceptors (Lipinski definition) is 5. The maximum Gasteiger partial charge on any atom is 0.123 e. The van der Waals surface area contributed by atoms with E-state index in [1.54, 1.807) is 11.3 Å². The van der Waals surface area contributed by atoms with Crippen LogP contribution in [0.3, 0.4) is 0 Å². The second kappa shape index (κ2) is 6.66. The molecule has 1 saturated heterocycles. The van der Waals surface area contributed by atoms with Crippen molar-refractivity contribution in [3.8, 4) is 10.6 Å². The summed E-state index contributed by atoms with van der Waals surface area (Å²) >= 11 is 1.72. The van der Waals surface area contributed by atoms with Gasteiger partial charge in [-0.1, -0.05) is 29.8 Å². The predicted molar refractivity (Wildman–Crippen MR) is 86.4 cm³/mol. The smallest absolute Gasteiger partial charge is 0.123 e. The normalized spacial score (nSPS) is 21.8. The van der Waals surface area contributed by atoms with Crippen LogP contribution in [0.1, 0.15) is 10.4 Å². The van der Waals surface area contributed by atoms with Gasteiger partial charge in [-0.15, -0.1) is 11.3 Å². The molecule has 2 unspecified atom stereocenters. The maximum absolute atomic E-state index is 9.75. The second-order valence-corrected chi connectivity index (χ2v) is 6.73. The molecule has 3 N–H and O–H groups in total. The summed E-state index contributed by atoms with van der Waals surface area (Å²) < 4.78 is 0. The summed E-state index contributed by atoms with van der Waals surface area (Å²) in [5, 5.41) is 17.4. The van der Waals surface area contributed by atoms with Gasteiger partial charge in [0.15, 0.2) is 0 Å². The van der Waals surface area contributed by atoms with E-state index in [2.05, 4.69) is 46.8 Å². The molecule has 0 bridgehead atoms. The van der Waals surface area contributed by atoms with Crippen LogP contribution in [0.15, 0.2) is 30.5 Å². The largest absolute Gasteiger partial charge is 0.391 e. The molecule has 1 fully saturated rings. The number of aromatic nitrogens is 1. The van der Waals surface area contributed by atoms with Gasteiger partial charge in [0.05, 0.1) is 6.10 Å². The average molecular weight is 303 g/mol. The minimum absolute atomic E-state index is 0.220. The van der Waals surface area contributed by atoms with Gasteiger partial charge in [-0.25, -0.2) is 4.98 Å². The summed E-state index contributed by atoms with van der Waals surface area (Å²) in [5.74, 6) is 0.314. The van der Waals surface area contributed by atoms with Crippen LogP contribution in [0.4, 0.5) is 0 Å². The molecule has 3 rings (SSSR count). The molecule has 0 saturated carbocycles. The fourth-order valence-electron chi connectivity index (χ4n) is 2.53. The van der Waals surface area contributed by atoms with Gasteiger partial charge in [0.2, 0.25) is 0 Å². The van der Waals surface area contributed by atoms with Crippen molar-refractivity contribution in [1.82, 2.24) is 15.6 Å². The lowest BCUT2D eigenvalue weighted by atomic mass is 10.1. The number of nitrogens with one attached hydrogen (secondary N) is 2. The molecule has 4 nitrogen and oxygen atoms in total. The van der Waals surface area contributed by atoms with Crippen LogP contribution in [-0.2, 0) is 6.54 Å². The van der Waals surface area contributed by atoms with E-state index in [4.69, 9.17) is 0 Å². The van der Waals surface area contributed by atoms with Crippen molar-refractivity contribution in [1.29, 1.82) is 0 Å². The van der Waals surface area contributed by atoms with E-state index in [0.29, 0.717) is 12.5 Å². The summed E-state index contributed by atoms with van der Waals surface area (Å²) in [6, 6.07) is 8.46. The Morgan fingerprint density at radius 2 is 2.14 bits per heavy atom. The fourth-order valence-corrected chi connectivity index (χ4v) is 3.41. The van der Waals surface area contributed by atoms with Gasteiger partial charge >= 0.3 is 0 Å². The Kier molecular flexibility index (Phi) is 4.65. The van der Waals surface area contributed by atoms with Gasteiger partial charge in [-0.3, -0.25) is 0 Å². The van der Waals surface area contributed by atoms with Crippen LogP contribution in [-0.4, -0.2) is 35.8 Å². The van der Waals surface area contributed by atoms with Crippen molar-refractivity contribution in [2.75, 3.05) is 19.6 Å². The predicted octanol–water partition coefficient (Wildman–Crippen LogP) is 1.79. The SMILES string of the molecule is Cc1ccc(-c2ncc(CNCC3CNCC3O)s2)cc1. The molecule has 1 aromatic heterocycles. The quantitative estimate of drug-likeness (QED) is 0.788. The van der Waals surface area contributed by atoms with E-state index >= 15 is 0 Å². The lowest BCUT2D eigenvalue weighted by molar-refractivity contribution is 0.146. The Morgan fingerprint density at radius 3 is 2.86 bits per heavy atom. The molecule has 0 radical (unpaired) electrons. The molecule has 2 aromatic rings. The Balaban J connectivity index is 1.54. The fraction of sp³-hybridized carbons (Fsp3) is 0.438. The number of rotatable bonds is 5. The van der Waals surface area contributed by atoms with Crippen LogP contribution in [0, 0.1) is 12.8 Å². The zero-order valence-electron chi connectivity index (χ0n) is 12.2. The lowest BCUT2D eigenvalue weighted by Gasteiger charge is -2.13. The topological polar surface area (TPSA) is 57.2 Å². The van der Waals surface area contributed by atoms with Crippen molar-refractivity contribution in [3.05, 3.63) is 40.9 Å². The molecule has 1 aliphatic heterocycles.